The summed E-state index contributed by atoms with van der Waals surface area (Å²) < 4.78 is 28.8. The number of hydrogen-bond donors (Lipinski definition) is 0. The van der Waals surface area contributed by atoms with Gasteiger partial charge < -0.3 is 9.64 Å². The fraction of sp³-hybridized carbons (Fsp3) is 0.381. The SMILES string of the molecule is CN(Cc1ccc(OC(F)F)cc1)C(=O)C1CCCN1Cc1ccccc1. The number of amides is 1. The summed E-state index contributed by atoms with van der Waals surface area (Å²) in [5.41, 5.74) is 2.08. The average molecular weight is 374 g/mol. The number of likely N-dealkylation sites (N-methyl/N-ethyl adjacent to an activating group) is 1. The first kappa shape index (κ1) is 19.3. The lowest BCUT2D eigenvalue weighted by molar-refractivity contribution is -0.135. The first-order valence-electron chi connectivity index (χ1n) is 9.09. The monoisotopic (exact) mass is 374 g/mol. The van der Waals surface area contributed by atoms with Crippen LogP contribution in [0.1, 0.15) is 24.0 Å². The minimum absolute atomic E-state index is 0.0938. The van der Waals surface area contributed by atoms with Crippen molar-refractivity contribution in [1.29, 1.82) is 0 Å². The predicted molar refractivity (Wildman–Crippen MR) is 99.4 cm³/mol. The molecule has 1 heterocycles. The smallest absolute Gasteiger partial charge is 0.387 e. The van der Waals surface area contributed by atoms with E-state index in [1.54, 1.807) is 24.1 Å². The molecule has 0 saturated carbocycles. The summed E-state index contributed by atoms with van der Waals surface area (Å²) in [5, 5.41) is 0. The first-order valence-corrected chi connectivity index (χ1v) is 9.09. The molecule has 1 aliphatic heterocycles. The molecule has 2 aromatic carbocycles. The van der Waals surface area contributed by atoms with Gasteiger partial charge in [0.2, 0.25) is 5.91 Å². The third-order valence-electron chi connectivity index (χ3n) is 4.82. The van der Waals surface area contributed by atoms with E-state index < -0.39 is 6.61 Å². The fourth-order valence-electron chi connectivity index (χ4n) is 3.50. The van der Waals surface area contributed by atoms with Crippen LogP contribution in [-0.4, -0.2) is 42.0 Å². The van der Waals surface area contributed by atoms with Crippen LogP contribution in [0.3, 0.4) is 0 Å². The lowest BCUT2D eigenvalue weighted by Crippen LogP contribution is -2.43. The third-order valence-corrected chi connectivity index (χ3v) is 4.82. The van der Waals surface area contributed by atoms with Crippen molar-refractivity contribution >= 4 is 5.91 Å². The molecule has 3 rings (SSSR count). The first-order chi connectivity index (χ1) is 13.0. The van der Waals surface area contributed by atoms with Crippen LogP contribution in [0.5, 0.6) is 5.75 Å². The van der Waals surface area contributed by atoms with Crippen LogP contribution < -0.4 is 4.74 Å². The third kappa shape index (κ3) is 5.26. The van der Waals surface area contributed by atoms with Gasteiger partial charge in [0.15, 0.2) is 0 Å². The van der Waals surface area contributed by atoms with Gasteiger partial charge in [-0.25, -0.2) is 0 Å². The highest BCUT2D eigenvalue weighted by molar-refractivity contribution is 5.82. The molecule has 1 unspecified atom stereocenters. The molecule has 0 bridgehead atoms. The van der Waals surface area contributed by atoms with Crippen LogP contribution in [0.2, 0.25) is 0 Å². The van der Waals surface area contributed by atoms with Crippen molar-refractivity contribution in [1.82, 2.24) is 9.80 Å². The van der Waals surface area contributed by atoms with E-state index in [2.05, 4.69) is 21.8 Å². The van der Waals surface area contributed by atoms with Gasteiger partial charge >= 0.3 is 6.61 Å². The standard InChI is InChI=1S/C21H24F2N2O2/c1-24(14-17-9-11-18(12-10-17)27-21(22)23)20(26)19-8-5-13-25(19)15-16-6-3-2-4-7-16/h2-4,6-7,9-12,19,21H,5,8,13-15H2,1H3. The minimum Gasteiger partial charge on any atom is -0.435 e. The lowest BCUT2D eigenvalue weighted by atomic mass is 10.1. The lowest BCUT2D eigenvalue weighted by Gasteiger charge is -2.28. The number of carbonyl (C=O) groups excluding carboxylic acids is 1. The van der Waals surface area contributed by atoms with Crippen molar-refractivity contribution in [3.63, 3.8) is 0 Å². The van der Waals surface area contributed by atoms with E-state index >= 15 is 0 Å². The molecular formula is C21H24F2N2O2. The number of benzene rings is 2. The quantitative estimate of drug-likeness (QED) is 0.737. The van der Waals surface area contributed by atoms with E-state index in [0.29, 0.717) is 6.54 Å². The van der Waals surface area contributed by atoms with Crippen molar-refractivity contribution in [3.05, 3.63) is 65.7 Å². The van der Waals surface area contributed by atoms with Gasteiger partial charge in [0.1, 0.15) is 5.75 Å². The van der Waals surface area contributed by atoms with Gasteiger partial charge in [-0.15, -0.1) is 0 Å². The molecule has 1 aliphatic rings. The highest BCUT2D eigenvalue weighted by Gasteiger charge is 2.32. The number of rotatable bonds is 7. The Balaban J connectivity index is 1.59. The van der Waals surface area contributed by atoms with Gasteiger partial charge in [0.25, 0.3) is 0 Å². The minimum atomic E-state index is -2.84. The topological polar surface area (TPSA) is 32.8 Å². The zero-order valence-electron chi connectivity index (χ0n) is 15.4. The second-order valence-electron chi connectivity index (χ2n) is 6.83. The molecule has 0 aromatic heterocycles. The Hall–Kier alpha value is -2.47. The van der Waals surface area contributed by atoms with Crippen LogP contribution in [0.4, 0.5) is 8.78 Å². The fourth-order valence-corrected chi connectivity index (χ4v) is 3.50. The Bertz CT molecular complexity index is 738. The van der Waals surface area contributed by atoms with E-state index in [1.165, 1.54) is 17.7 Å². The Kier molecular flexibility index (Phi) is 6.40. The van der Waals surface area contributed by atoms with Crippen LogP contribution in [0, 0.1) is 0 Å². The summed E-state index contributed by atoms with van der Waals surface area (Å²) in [4.78, 5) is 16.9. The largest absolute Gasteiger partial charge is 0.435 e. The van der Waals surface area contributed by atoms with Gasteiger partial charge in [-0.2, -0.15) is 8.78 Å². The number of nitrogens with zero attached hydrogens (tertiary/aromatic N) is 2. The van der Waals surface area contributed by atoms with E-state index in [9.17, 15) is 13.6 Å². The average Bonchev–Trinajstić information content (AvgIpc) is 3.11. The Morgan fingerprint density at radius 2 is 1.85 bits per heavy atom. The van der Waals surface area contributed by atoms with Crippen LogP contribution in [0.25, 0.3) is 0 Å². The molecule has 27 heavy (non-hydrogen) atoms. The van der Waals surface area contributed by atoms with Gasteiger partial charge in [0.05, 0.1) is 6.04 Å². The van der Waals surface area contributed by atoms with E-state index in [4.69, 9.17) is 0 Å². The zero-order valence-corrected chi connectivity index (χ0v) is 15.4. The maximum atomic E-state index is 12.9. The molecule has 144 valence electrons. The maximum Gasteiger partial charge on any atom is 0.387 e. The van der Waals surface area contributed by atoms with E-state index in [0.717, 1.165) is 31.5 Å². The Morgan fingerprint density at radius 3 is 2.52 bits per heavy atom. The van der Waals surface area contributed by atoms with Crippen molar-refractivity contribution in [2.75, 3.05) is 13.6 Å². The molecule has 1 saturated heterocycles. The van der Waals surface area contributed by atoms with Crippen molar-refractivity contribution in [2.45, 2.75) is 38.6 Å². The molecule has 1 amide bonds. The highest BCUT2D eigenvalue weighted by Crippen LogP contribution is 2.23. The number of alkyl halides is 2. The van der Waals surface area contributed by atoms with Gasteiger partial charge in [0, 0.05) is 20.1 Å². The van der Waals surface area contributed by atoms with Crippen molar-refractivity contribution < 1.29 is 18.3 Å². The molecule has 2 aromatic rings. The number of hydrogen-bond acceptors (Lipinski definition) is 3. The number of ether oxygens (including phenoxy) is 1. The number of carbonyl (C=O) groups is 1. The molecule has 0 N–H and O–H groups in total. The second kappa shape index (κ2) is 8.95. The molecule has 0 aliphatic carbocycles. The van der Waals surface area contributed by atoms with Crippen LogP contribution >= 0.6 is 0 Å². The molecule has 1 atom stereocenters. The summed E-state index contributed by atoms with van der Waals surface area (Å²) in [7, 11) is 1.78. The molecular weight excluding hydrogens is 350 g/mol. The van der Waals surface area contributed by atoms with E-state index in [-0.39, 0.29) is 17.7 Å². The molecule has 0 radical (unpaired) electrons. The summed E-state index contributed by atoms with van der Waals surface area (Å²) in [6, 6.07) is 16.5. The van der Waals surface area contributed by atoms with Crippen LogP contribution in [0.15, 0.2) is 54.6 Å². The van der Waals surface area contributed by atoms with E-state index in [1.807, 2.05) is 18.2 Å². The zero-order chi connectivity index (χ0) is 19.2. The molecule has 1 fully saturated rings. The van der Waals surface area contributed by atoms with Gasteiger partial charge in [-0.3, -0.25) is 9.69 Å². The Labute approximate surface area is 158 Å². The summed E-state index contributed by atoms with van der Waals surface area (Å²) >= 11 is 0. The second-order valence-corrected chi connectivity index (χ2v) is 6.83. The summed E-state index contributed by atoms with van der Waals surface area (Å²) in [5.74, 6) is 0.212. The molecule has 0 spiro atoms. The normalized spacial score (nSPS) is 17.3. The number of likely N-dealkylation sites (tertiary alicyclic amines) is 1. The van der Waals surface area contributed by atoms with Crippen molar-refractivity contribution in [2.24, 2.45) is 0 Å². The van der Waals surface area contributed by atoms with Gasteiger partial charge in [-0.1, -0.05) is 42.5 Å². The van der Waals surface area contributed by atoms with Crippen LogP contribution in [-0.2, 0) is 17.9 Å². The summed E-state index contributed by atoms with van der Waals surface area (Å²) in [6.07, 6.45) is 1.87. The molecule has 4 nitrogen and oxygen atoms in total. The highest BCUT2D eigenvalue weighted by atomic mass is 19.3. The van der Waals surface area contributed by atoms with Crippen molar-refractivity contribution in [3.8, 4) is 5.75 Å². The number of halogens is 2. The molecule has 6 heteroatoms. The predicted octanol–water partition coefficient (Wildman–Crippen LogP) is 3.91. The van der Waals surface area contributed by atoms with Gasteiger partial charge in [-0.05, 0) is 42.6 Å². The summed E-state index contributed by atoms with van der Waals surface area (Å²) in [6.45, 7) is -0.717. The Morgan fingerprint density at radius 1 is 1.15 bits per heavy atom. The maximum absolute atomic E-state index is 12.9.